The number of hydrogen-bond acceptors (Lipinski definition) is 5. The molecule has 6 nitrogen and oxygen atoms in total. The molecule has 0 aliphatic rings. The summed E-state index contributed by atoms with van der Waals surface area (Å²) in [6, 6.07) is 1.23. The Hall–Kier alpha value is -1.74. The van der Waals surface area contributed by atoms with Crippen LogP contribution in [0.1, 0.15) is 36.3 Å². The van der Waals surface area contributed by atoms with Crippen molar-refractivity contribution in [1.29, 1.82) is 0 Å². The quantitative estimate of drug-likeness (QED) is 0.846. The standard InChI is InChI=1S/C9H5BrF2N4O.C2H6.CH4O/c10-5-1-7(8(11)12)9(13-2-5)16-14-3-6(4-17)15-16;2*1-2/h1-4,8H;1-2H3;2H,1H3. The molecule has 0 aliphatic heterocycles. The van der Waals surface area contributed by atoms with Crippen LogP contribution in [0.5, 0.6) is 0 Å². The summed E-state index contributed by atoms with van der Waals surface area (Å²) in [7, 11) is 1.00. The minimum Gasteiger partial charge on any atom is -0.400 e. The Labute approximate surface area is 128 Å². The molecule has 21 heavy (non-hydrogen) atoms. The molecule has 2 heterocycles. The summed E-state index contributed by atoms with van der Waals surface area (Å²) in [5, 5.41) is 14.4. The van der Waals surface area contributed by atoms with Crippen molar-refractivity contribution < 1.29 is 18.7 Å². The van der Waals surface area contributed by atoms with Gasteiger partial charge in [0.2, 0.25) is 0 Å². The highest BCUT2D eigenvalue weighted by atomic mass is 79.9. The number of pyridine rings is 1. The Bertz CT molecular complexity index is 564. The van der Waals surface area contributed by atoms with Gasteiger partial charge in [0.15, 0.2) is 12.1 Å². The summed E-state index contributed by atoms with van der Waals surface area (Å²) in [5.74, 6) is -0.101. The zero-order valence-electron chi connectivity index (χ0n) is 11.7. The fourth-order valence-electron chi connectivity index (χ4n) is 1.21. The van der Waals surface area contributed by atoms with Crippen LogP contribution in [0, 0.1) is 0 Å². The van der Waals surface area contributed by atoms with Gasteiger partial charge < -0.3 is 5.11 Å². The van der Waals surface area contributed by atoms with Crippen molar-refractivity contribution in [2.75, 3.05) is 7.11 Å². The summed E-state index contributed by atoms with van der Waals surface area (Å²) in [4.78, 5) is 15.1. The molecule has 2 aromatic rings. The number of rotatable bonds is 3. The van der Waals surface area contributed by atoms with Crippen LogP contribution < -0.4 is 0 Å². The molecule has 2 rings (SSSR count). The summed E-state index contributed by atoms with van der Waals surface area (Å²) in [5.41, 5.74) is -0.262. The number of alkyl halides is 2. The molecule has 0 bridgehead atoms. The molecular formula is C12H15BrF2N4O2. The molecule has 2 aromatic heterocycles. The summed E-state index contributed by atoms with van der Waals surface area (Å²) < 4.78 is 26.0. The van der Waals surface area contributed by atoms with Crippen molar-refractivity contribution in [1.82, 2.24) is 20.0 Å². The second kappa shape index (κ2) is 10.1. The van der Waals surface area contributed by atoms with Gasteiger partial charge in [0.1, 0.15) is 5.69 Å². The second-order valence-corrected chi connectivity index (χ2v) is 3.96. The molecule has 9 heteroatoms. The zero-order valence-corrected chi connectivity index (χ0v) is 13.3. The SMILES string of the molecule is CC.CO.O=Cc1cnn(-c2ncc(Br)cc2C(F)F)n1. The number of aliphatic hydroxyl groups excluding tert-OH is 1. The highest BCUT2D eigenvalue weighted by Gasteiger charge is 2.17. The number of carbonyl (C=O) groups excluding carboxylic acids is 1. The minimum absolute atomic E-state index is 0.0509. The number of aldehydes is 1. The zero-order chi connectivity index (χ0) is 16.4. The third-order valence-corrected chi connectivity index (χ3v) is 2.35. The van der Waals surface area contributed by atoms with Gasteiger partial charge in [0.25, 0.3) is 6.43 Å². The van der Waals surface area contributed by atoms with Crippen LogP contribution in [-0.2, 0) is 0 Å². The third kappa shape index (κ3) is 5.27. The first-order valence-corrected chi connectivity index (χ1v) is 6.67. The highest BCUT2D eigenvalue weighted by Crippen LogP contribution is 2.26. The van der Waals surface area contributed by atoms with Gasteiger partial charge in [-0.15, -0.1) is 9.90 Å². The van der Waals surface area contributed by atoms with Crippen molar-refractivity contribution in [3.8, 4) is 5.82 Å². The molecule has 1 N–H and O–H groups in total. The van der Waals surface area contributed by atoms with E-state index < -0.39 is 6.43 Å². The van der Waals surface area contributed by atoms with Gasteiger partial charge in [-0.2, -0.15) is 5.10 Å². The third-order valence-electron chi connectivity index (χ3n) is 1.92. The average Bonchev–Trinajstić information content (AvgIpc) is 3.00. The van der Waals surface area contributed by atoms with Crippen LogP contribution in [-0.4, -0.2) is 38.5 Å². The maximum Gasteiger partial charge on any atom is 0.267 e. The maximum atomic E-state index is 12.8. The van der Waals surface area contributed by atoms with Crippen molar-refractivity contribution in [3.63, 3.8) is 0 Å². The second-order valence-electron chi connectivity index (χ2n) is 3.04. The van der Waals surface area contributed by atoms with E-state index in [1.165, 1.54) is 18.5 Å². The minimum atomic E-state index is -2.71. The molecular weight excluding hydrogens is 350 g/mol. The molecule has 0 atom stereocenters. The van der Waals surface area contributed by atoms with Gasteiger partial charge in [0, 0.05) is 17.8 Å². The lowest BCUT2D eigenvalue weighted by Gasteiger charge is -2.06. The van der Waals surface area contributed by atoms with Crippen LogP contribution in [0.4, 0.5) is 8.78 Å². The molecule has 0 spiro atoms. The molecule has 0 radical (unpaired) electrons. The average molecular weight is 365 g/mol. The van der Waals surface area contributed by atoms with Gasteiger partial charge in [-0.3, -0.25) is 4.79 Å². The number of aromatic nitrogens is 4. The molecule has 0 amide bonds. The van der Waals surface area contributed by atoms with E-state index in [1.807, 2.05) is 13.8 Å². The predicted molar refractivity (Wildman–Crippen MR) is 76.7 cm³/mol. The number of carbonyl (C=O) groups is 1. The van der Waals surface area contributed by atoms with E-state index in [1.54, 1.807) is 0 Å². The molecule has 0 aromatic carbocycles. The molecule has 0 unspecified atom stereocenters. The number of aliphatic hydroxyl groups is 1. The van der Waals surface area contributed by atoms with E-state index in [2.05, 4.69) is 31.1 Å². The smallest absolute Gasteiger partial charge is 0.267 e. The lowest BCUT2D eigenvalue weighted by atomic mass is 10.3. The van der Waals surface area contributed by atoms with E-state index in [4.69, 9.17) is 5.11 Å². The maximum absolute atomic E-state index is 12.8. The first-order chi connectivity index (χ1) is 10.1. The van der Waals surface area contributed by atoms with Crippen LogP contribution >= 0.6 is 15.9 Å². The van der Waals surface area contributed by atoms with Crippen molar-refractivity contribution >= 4 is 22.2 Å². The monoisotopic (exact) mass is 364 g/mol. The lowest BCUT2D eigenvalue weighted by Crippen LogP contribution is -2.06. The topological polar surface area (TPSA) is 80.9 Å². The van der Waals surface area contributed by atoms with E-state index in [0.717, 1.165) is 11.9 Å². The first kappa shape index (κ1) is 19.3. The summed E-state index contributed by atoms with van der Waals surface area (Å²) >= 11 is 3.05. The van der Waals surface area contributed by atoms with Gasteiger partial charge in [-0.1, -0.05) is 13.8 Å². The van der Waals surface area contributed by atoms with Crippen molar-refractivity contribution in [2.45, 2.75) is 20.3 Å². The Morgan fingerprint density at radius 2 is 1.95 bits per heavy atom. The van der Waals surface area contributed by atoms with E-state index in [0.29, 0.717) is 10.8 Å². The van der Waals surface area contributed by atoms with Crippen LogP contribution in [0.15, 0.2) is 22.9 Å². The van der Waals surface area contributed by atoms with Crippen LogP contribution in [0.3, 0.4) is 0 Å². The van der Waals surface area contributed by atoms with Gasteiger partial charge in [0.05, 0.1) is 11.8 Å². The Morgan fingerprint density at radius 3 is 2.43 bits per heavy atom. The van der Waals surface area contributed by atoms with E-state index in [-0.39, 0.29) is 17.1 Å². The van der Waals surface area contributed by atoms with Gasteiger partial charge >= 0.3 is 0 Å². The van der Waals surface area contributed by atoms with Crippen molar-refractivity contribution in [3.05, 3.63) is 34.2 Å². The summed E-state index contributed by atoms with van der Waals surface area (Å²) in [6.45, 7) is 4.00. The van der Waals surface area contributed by atoms with Crippen molar-refractivity contribution in [2.24, 2.45) is 0 Å². The normalized spacial score (nSPS) is 9.33. The number of halogens is 3. The Balaban J connectivity index is 0.000000921. The Kier molecular flexibility index (Phi) is 9.22. The Morgan fingerprint density at radius 1 is 1.33 bits per heavy atom. The number of hydrogen-bond donors (Lipinski definition) is 1. The molecule has 0 aliphatic carbocycles. The van der Waals surface area contributed by atoms with Crippen LogP contribution in [0.2, 0.25) is 0 Å². The number of nitrogens with zero attached hydrogens (tertiary/aromatic N) is 4. The molecule has 0 fully saturated rings. The fraction of sp³-hybridized carbons (Fsp3) is 0.333. The van der Waals surface area contributed by atoms with E-state index >= 15 is 0 Å². The predicted octanol–water partition coefficient (Wildman–Crippen LogP) is 2.81. The first-order valence-electron chi connectivity index (χ1n) is 5.88. The summed E-state index contributed by atoms with van der Waals surface area (Å²) in [6.07, 6.45) is 0.294. The molecule has 0 saturated carbocycles. The van der Waals surface area contributed by atoms with Gasteiger partial charge in [-0.25, -0.2) is 13.8 Å². The molecule has 0 saturated heterocycles. The highest BCUT2D eigenvalue weighted by molar-refractivity contribution is 9.10. The largest absolute Gasteiger partial charge is 0.400 e. The molecule has 116 valence electrons. The van der Waals surface area contributed by atoms with E-state index in [9.17, 15) is 13.6 Å². The lowest BCUT2D eigenvalue weighted by molar-refractivity contribution is 0.111. The van der Waals surface area contributed by atoms with Crippen LogP contribution in [0.25, 0.3) is 5.82 Å². The van der Waals surface area contributed by atoms with Gasteiger partial charge in [-0.05, 0) is 22.0 Å². The fourth-order valence-corrected chi connectivity index (χ4v) is 1.56.